The number of nitrogens with two attached hydrogens (primary N) is 1. The number of nitrogens with one attached hydrogen (secondary N) is 1. The molecule has 0 saturated carbocycles. The van der Waals surface area contributed by atoms with E-state index in [9.17, 15) is 4.79 Å². The molecule has 1 heterocycles. The number of benzene rings is 1. The smallest absolute Gasteiger partial charge is 0.256 e. The Morgan fingerprint density at radius 2 is 2.17 bits per heavy atom. The van der Waals surface area contributed by atoms with Crippen molar-refractivity contribution in [3.63, 3.8) is 0 Å². The lowest BCUT2D eigenvalue weighted by Crippen LogP contribution is -2.14. The van der Waals surface area contributed by atoms with Crippen LogP contribution in [0.2, 0.25) is 5.02 Å². The number of hydrogen-bond donors (Lipinski definition) is 2. The molecule has 1 amide bonds. The summed E-state index contributed by atoms with van der Waals surface area (Å²) in [7, 11) is 0. The summed E-state index contributed by atoms with van der Waals surface area (Å²) >= 11 is 5.83. The van der Waals surface area contributed by atoms with Crippen LogP contribution in [0.4, 0.5) is 11.5 Å². The molecule has 5 heteroatoms. The summed E-state index contributed by atoms with van der Waals surface area (Å²) in [5.41, 5.74) is 7.46. The van der Waals surface area contributed by atoms with E-state index in [0.29, 0.717) is 22.1 Å². The first-order chi connectivity index (χ1) is 8.56. The first kappa shape index (κ1) is 12.4. The molecule has 2 rings (SSSR count). The van der Waals surface area contributed by atoms with Gasteiger partial charge < -0.3 is 11.1 Å². The normalized spacial score (nSPS) is 10.1. The zero-order chi connectivity index (χ0) is 13.1. The van der Waals surface area contributed by atoms with Crippen LogP contribution in [-0.2, 0) is 0 Å². The van der Waals surface area contributed by atoms with Crippen molar-refractivity contribution in [3.05, 3.63) is 52.7 Å². The Labute approximate surface area is 110 Å². The Bertz CT molecular complexity index is 599. The number of rotatable bonds is 2. The third-order valence-corrected chi connectivity index (χ3v) is 2.65. The molecule has 1 aromatic carbocycles. The quantitative estimate of drug-likeness (QED) is 0.873. The largest absolute Gasteiger partial charge is 0.397 e. The molecule has 0 bridgehead atoms. The Balaban J connectivity index is 2.21. The predicted octanol–water partition coefficient (Wildman–Crippen LogP) is 2.88. The van der Waals surface area contributed by atoms with Gasteiger partial charge in [0.2, 0.25) is 0 Å². The highest BCUT2D eigenvalue weighted by atomic mass is 35.5. The Kier molecular flexibility index (Phi) is 3.48. The number of carbonyl (C=O) groups excluding carboxylic acids is 1. The molecule has 0 spiro atoms. The number of halogens is 1. The molecule has 0 atom stereocenters. The molecule has 0 unspecified atom stereocenters. The highest BCUT2D eigenvalue weighted by Crippen LogP contribution is 2.16. The molecule has 0 aliphatic rings. The maximum absolute atomic E-state index is 12.0. The van der Waals surface area contributed by atoms with E-state index in [4.69, 9.17) is 17.3 Å². The summed E-state index contributed by atoms with van der Waals surface area (Å²) in [5, 5.41) is 3.23. The molecule has 0 aliphatic heterocycles. The molecular formula is C13H12ClN3O. The predicted molar refractivity (Wildman–Crippen MR) is 72.8 cm³/mol. The van der Waals surface area contributed by atoms with Crippen LogP contribution in [0, 0.1) is 6.92 Å². The minimum Gasteiger partial charge on any atom is -0.397 e. The maximum Gasteiger partial charge on any atom is 0.256 e. The van der Waals surface area contributed by atoms with Crippen molar-refractivity contribution in [1.82, 2.24) is 4.98 Å². The molecule has 1 aromatic heterocycles. The third kappa shape index (κ3) is 2.78. The van der Waals surface area contributed by atoms with Crippen LogP contribution in [0.1, 0.15) is 15.9 Å². The molecule has 3 N–H and O–H groups in total. The Morgan fingerprint density at radius 3 is 2.83 bits per heavy atom. The molecule has 0 aliphatic carbocycles. The topological polar surface area (TPSA) is 68.0 Å². The van der Waals surface area contributed by atoms with Crippen LogP contribution >= 0.6 is 11.6 Å². The second-order valence-electron chi connectivity index (χ2n) is 3.90. The van der Waals surface area contributed by atoms with Crippen molar-refractivity contribution in [2.45, 2.75) is 6.92 Å². The molecule has 4 nitrogen and oxygen atoms in total. The number of hydrogen-bond acceptors (Lipinski definition) is 3. The van der Waals surface area contributed by atoms with Crippen LogP contribution in [0.15, 0.2) is 36.5 Å². The first-order valence-electron chi connectivity index (χ1n) is 5.35. The van der Waals surface area contributed by atoms with Gasteiger partial charge in [-0.3, -0.25) is 4.79 Å². The van der Waals surface area contributed by atoms with Gasteiger partial charge in [-0.2, -0.15) is 0 Å². The van der Waals surface area contributed by atoms with Crippen molar-refractivity contribution in [2.75, 3.05) is 11.1 Å². The van der Waals surface area contributed by atoms with Gasteiger partial charge in [0, 0.05) is 10.6 Å². The van der Waals surface area contributed by atoms with E-state index >= 15 is 0 Å². The molecular weight excluding hydrogens is 250 g/mol. The monoisotopic (exact) mass is 261 g/mol. The van der Waals surface area contributed by atoms with Gasteiger partial charge in [-0.1, -0.05) is 17.7 Å². The molecule has 92 valence electrons. The van der Waals surface area contributed by atoms with Crippen LogP contribution < -0.4 is 11.1 Å². The summed E-state index contributed by atoms with van der Waals surface area (Å²) in [6.45, 7) is 1.83. The van der Waals surface area contributed by atoms with Crippen LogP contribution in [-0.4, -0.2) is 10.9 Å². The van der Waals surface area contributed by atoms with Gasteiger partial charge in [-0.25, -0.2) is 4.98 Å². The lowest BCUT2D eigenvalue weighted by Gasteiger charge is -2.08. The summed E-state index contributed by atoms with van der Waals surface area (Å²) in [6, 6.07) is 8.48. The third-order valence-electron chi connectivity index (χ3n) is 2.42. The lowest BCUT2D eigenvalue weighted by atomic mass is 10.2. The first-order valence-corrected chi connectivity index (χ1v) is 5.73. The lowest BCUT2D eigenvalue weighted by molar-refractivity contribution is 0.102. The van der Waals surface area contributed by atoms with E-state index in [1.807, 2.05) is 6.92 Å². The average Bonchev–Trinajstić information content (AvgIpc) is 2.32. The van der Waals surface area contributed by atoms with E-state index in [1.165, 1.54) is 6.20 Å². The van der Waals surface area contributed by atoms with E-state index in [0.717, 1.165) is 5.56 Å². The van der Waals surface area contributed by atoms with E-state index in [2.05, 4.69) is 10.3 Å². The second-order valence-corrected chi connectivity index (χ2v) is 4.34. The minimum absolute atomic E-state index is 0.252. The molecule has 2 aromatic rings. The number of nitrogen functional groups attached to an aromatic ring is 1. The van der Waals surface area contributed by atoms with Crippen molar-refractivity contribution < 1.29 is 4.79 Å². The van der Waals surface area contributed by atoms with Gasteiger partial charge in [0.15, 0.2) is 0 Å². The van der Waals surface area contributed by atoms with E-state index < -0.39 is 0 Å². The maximum atomic E-state index is 12.0. The fourth-order valence-electron chi connectivity index (χ4n) is 1.54. The SMILES string of the molecule is Cc1cc(N)cnc1NC(=O)c1cccc(Cl)c1. The van der Waals surface area contributed by atoms with Crippen molar-refractivity contribution >= 4 is 29.0 Å². The number of amides is 1. The zero-order valence-electron chi connectivity index (χ0n) is 9.77. The molecule has 0 fully saturated rings. The summed E-state index contributed by atoms with van der Waals surface area (Å²) < 4.78 is 0. The van der Waals surface area contributed by atoms with E-state index in [1.54, 1.807) is 30.3 Å². The Hall–Kier alpha value is -2.07. The minimum atomic E-state index is -0.252. The number of carbonyl (C=O) groups is 1. The van der Waals surface area contributed by atoms with Crippen LogP contribution in [0.3, 0.4) is 0 Å². The highest BCUT2D eigenvalue weighted by molar-refractivity contribution is 6.31. The van der Waals surface area contributed by atoms with Gasteiger partial charge >= 0.3 is 0 Å². The number of aromatic nitrogens is 1. The van der Waals surface area contributed by atoms with Gasteiger partial charge in [0.25, 0.3) is 5.91 Å². The van der Waals surface area contributed by atoms with Crippen LogP contribution in [0.25, 0.3) is 0 Å². The Morgan fingerprint density at radius 1 is 1.39 bits per heavy atom. The fourth-order valence-corrected chi connectivity index (χ4v) is 1.73. The van der Waals surface area contributed by atoms with Gasteiger partial charge in [0.05, 0.1) is 11.9 Å². The summed E-state index contributed by atoms with van der Waals surface area (Å²) in [6.07, 6.45) is 1.50. The summed E-state index contributed by atoms with van der Waals surface area (Å²) in [5.74, 6) is 0.243. The summed E-state index contributed by atoms with van der Waals surface area (Å²) in [4.78, 5) is 16.0. The second kappa shape index (κ2) is 5.06. The molecule has 18 heavy (non-hydrogen) atoms. The number of nitrogens with zero attached hydrogens (tertiary/aromatic N) is 1. The van der Waals surface area contributed by atoms with E-state index in [-0.39, 0.29) is 5.91 Å². The standard InChI is InChI=1S/C13H12ClN3O/c1-8-5-11(15)7-16-12(8)17-13(18)9-3-2-4-10(14)6-9/h2-7H,15H2,1H3,(H,16,17,18). The molecule has 0 radical (unpaired) electrons. The number of aryl methyl sites for hydroxylation is 1. The number of anilines is 2. The molecule has 0 saturated heterocycles. The fraction of sp³-hybridized carbons (Fsp3) is 0.0769. The van der Waals surface area contributed by atoms with Gasteiger partial charge in [0.1, 0.15) is 5.82 Å². The van der Waals surface area contributed by atoms with Crippen molar-refractivity contribution in [1.29, 1.82) is 0 Å². The van der Waals surface area contributed by atoms with Gasteiger partial charge in [-0.05, 0) is 36.8 Å². The highest BCUT2D eigenvalue weighted by Gasteiger charge is 2.09. The van der Waals surface area contributed by atoms with Crippen molar-refractivity contribution in [3.8, 4) is 0 Å². The van der Waals surface area contributed by atoms with Gasteiger partial charge in [-0.15, -0.1) is 0 Å². The number of pyridine rings is 1. The average molecular weight is 262 g/mol. The zero-order valence-corrected chi connectivity index (χ0v) is 10.5. The van der Waals surface area contributed by atoms with Crippen LogP contribution in [0.5, 0.6) is 0 Å². The van der Waals surface area contributed by atoms with Crippen molar-refractivity contribution in [2.24, 2.45) is 0 Å².